The Labute approximate surface area is 170 Å². The predicted molar refractivity (Wildman–Crippen MR) is 112 cm³/mol. The first-order valence-corrected chi connectivity index (χ1v) is 9.99. The number of rotatable bonds is 8. The minimum Gasteiger partial charge on any atom is -0.494 e. The second kappa shape index (κ2) is 9.34. The Morgan fingerprint density at radius 3 is 2.59 bits per heavy atom. The van der Waals surface area contributed by atoms with E-state index in [0.29, 0.717) is 11.3 Å². The summed E-state index contributed by atoms with van der Waals surface area (Å²) in [6.45, 7) is 4.29. The Bertz CT molecular complexity index is 918. The van der Waals surface area contributed by atoms with Crippen molar-refractivity contribution < 1.29 is 9.53 Å². The summed E-state index contributed by atoms with van der Waals surface area (Å²) in [7, 11) is 0. The van der Waals surface area contributed by atoms with E-state index in [9.17, 15) is 4.79 Å². The lowest BCUT2D eigenvalue weighted by Crippen LogP contribution is -2.21. The van der Waals surface area contributed by atoms with E-state index >= 15 is 0 Å². The fraction of sp³-hybridized carbons (Fsp3) is 0.318. The Morgan fingerprint density at radius 1 is 1.07 bits per heavy atom. The van der Waals surface area contributed by atoms with Crippen LogP contribution in [0.2, 0.25) is 0 Å². The summed E-state index contributed by atoms with van der Waals surface area (Å²) < 4.78 is 7.57. The molecular weight excluding hydrogens is 366 g/mol. The number of anilines is 1. The largest absolute Gasteiger partial charge is 0.494 e. The topological polar surface area (TPSA) is 72.3 Å². The fourth-order valence-corrected chi connectivity index (χ4v) is 3.41. The molecule has 7 heteroatoms. The van der Waals surface area contributed by atoms with Crippen LogP contribution in [-0.2, 0) is 0 Å². The van der Waals surface area contributed by atoms with Crippen molar-refractivity contribution in [2.45, 2.75) is 19.3 Å². The molecule has 0 atom stereocenters. The maximum absolute atomic E-state index is 12.2. The van der Waals surface area contributed by atoms with Gasteiger partial charge in [0.05, 0.1) is 30.4 Å². The van der Waals surface area contributed by atoms with Crippen molar-refractivity contribution in [1.82, 2.24) is 19.7 Å². The van der Waals surface area contributed by atoms with E-state index in [0.717, 1.165) is 31.0 Å². The molecule has 150 valence electrons. The summed E-state index contributed by atoms with van der Waals surface area (Å²) >= 11 is 0. The zero-order valence-corrected chi connectivity index (χ0v) is 16.3. The van der Waals surface area contributed by atoms with Gasteiger partial charge in [0.25, 0.3) is 5.91 Å². The van der Waals surface area contributed by atoms with Crippen LogP contribution >= 0.6 is 0 Å². The lowest BCUT2D eigenvalue weighted by molar-refractivity contribution is 0.102. The minimum absolute atomic E-state index is 0.190. The third-order valence-electron chi connectivity index (χ3n) is 4.97. The van der Waals surface area contributed by atoms with E-state index in [1.54, 1.807) is 41.6 Å². The zero-order valence-electron chi connectivity index (χ0n) is 16.3. The molecule has 1 aromatic carbocycles. The van der Waals surface area contributed by atoms with E-state index in [4.69, 9.17) is 4.74 Å². The van der Waals surface area contributed by atoms with Gasteiger partial charge in [0.2, 0.25) is 0 Å². The van der Waals surface area contributed by atoms with Gasteiger partial charge < -0.3 is 15.0 Å². The molecular formula is C22H25N5O2. The highest BCUT2D eigenvalue weighted by atomic mass is 16.5. The molecule has 0 spiro atoms. The molecule has 1 aliphatic rings. The third-order valence-corrected chi connectivity index (χ3v) is 4.97. The summed E-state index contributed by atoms with van der Waals surface area (Å²) in [5, 5.41) is 7.16. The quantitative estimate of drug-likeness (QED) is 0.596. The van der Waals surface area contributed by atoms with E-state index in [-0.39, 0.29) is 5.91 Å². The highest BCUT2D eigenvalue weighted by Gasteiger charge is 2.10. The molecule has 7 nitrogen and oxygen atoms in total. The van der Waals surface area contributed by atoms with E-state index in [1.165, 1.54) is 25.9 Å². The first kappa shape index (κ1) is 19.1. The molecule has 29 heavy (non-hydrogen) atoms. The molecule has 0 aliphatic carbocycles. The number of ether oxygens (including phenoxy) is 1. The number of nitrogens with one attached hydrogen (secondary N) is 1. The molecule has 1 fully saturated rings. The lowest BCUT2D eigenvalue weighted by atomic mass is 10.2. The van der Waals surface area contributed by atoms with Gasteiger partial charge in [-0.15, -0.1) is 0 Å². The standard InChI is InChI=1S/C22H25N5O2/c28-22(18-8-10-23-11-9-18)25-19-16-24-27(17-19)20-4-6-21(7-5-20)29-15-3-14-26-12-1-2-13-26/h4-11,16-17H,1-3,12-15H2,(H,25,28). The molecule has 0 bridgehead atoms. The normalized spacial score (nSPS) is 14.1. The molecule has 3 aromatic rings. The fourth-order valence-electron chi connectivity index (χ4n) is 3.41. The molecule has 0 unspecified atom stereocenters. The third kappa shape index (κ3) is 5.20. The molecule has 0 saturated carbocycles. The van der Waals surface area contributed by atoms with Crippen molar-refractivity contribution in [2.24, 2.45) is 0 Å². The smallest absolute Gasteiger partial charge is 0.255 e. The monoisotopic (exact) mass is 391 g/mol. The summed E-state index contributed by atoms with van der Waals surface area (Å²) in [5.41, 5.74) is 2.09. The summed E-state index contributed by atoms with van der Waals surface area (Å²) in [6, 6.07) is 11.1. The number of amides is 1. The van der Waals surface area contributed by atoms with Crippen molar-refractivity contribution in [3.63, 3.8) is 0 Å². The van der Waals surface area contributed by atoms with Crippen molar-refractivity contribution in [1.29, 1.82) is 0 Å². The zero-order chi connectivity index (χ0) is 19.9. The van der Waals surface area contributed by atoms with Gasteiger partial charge in [0, 0.05) is 24.5 Å². The molecule has 1 saturated heterocycles. The molecule has 1 aliphatic heterocycles. The van der Waals surface area contributed by atoms with Crippen molar-refractivity contribution in [2.75, 3.05) is 31.6 Å². The van der Waals surface area contributed by atoms with Crippen LogP contribution in [0.4, 0.5) is 5.69 Å². The van der Waals surface area contributed by atoms with Crippen LogP contribution < -0.4 is 10.1 Å². The maximum Gasteiger partial charge on any atom is 0.255 e. The van der Waals surface area contributed by atoms with Gasteiger partial charge in [-0.2, -0.15) is 5.10 Å². The number of hydrogen-bond donors (Lipinski definition) is 1. The Kier molecular flexibility index (Phi) is 6.16. The number of benzene rings is 1. The molecule has 3 heterocycles. The number of hydrogen-bond acceptors (Lipinski definition) is 5. The van der Waals surface area contributed by atoms with Crippen LogP contribution in [0.1, 0.15) is 29.6 Å². The summed E-state index contributed by atoms with van der Waals surface area (Å²) in [5.74, 6) is 0.665. The van der Waals surface area contributed by atoms with Gasteiger partial charge in [0.1, 0.15) is 5.75 Å². The van der Waals surface area contributed by atoms with Crippen LogP contribution in [0.15, 0.2) is 61.2 Å². The van der Waals surface area contributed by atoms with Gasteiger partial charge in [-0.1, -0.05) is 0 Å². The number of nitrogens with zero attached hydrogens (tertiary/aromatic N) is 4. The number of carbonyl (C=O) groups is 1. The van der Waals surface area contributed by atoms with Crippen molar-refractivity contribution in [3.05, 3.63) is 66.7 Å². The van der Waals surface area contributed by atoms with Gasteiger partial charge in [-0.25, -0.2) is 4.68 Å². The minimum atomic E-state index is -0.190. The maximum atomic E-state index is 12.2. The molecule has 1 N–H and O–H groups in total. The molecule has 1 amide bonds. The number of pyridine rings is 1. The van der Waals surface area contributed by atoms with Crippen LogP contribution in [0.3, 0.4) is 0 Å². The van der Waals surface area contributed by atoms with Crippen molar-refractivity contribution in [3.8, 4) is 11.4 Å². The first-order valence-electron chi connectivity index (χ1n) is 9.99. The number of aromatic nitrogens is 3. The molecule has 2 aromatic heterocycles. The molecule has 0 radical (unpaired) electrons. The Morgan fingerprint density at radius 2 is 1.83 bits per heavy atom. The van der Waals surface area contributed by atoms with E-state index in [2.05, 4.69) is 20.3 Å². The van der Waals surface area contributed by atoms with E-state index in [1.807, 2.05) is 24.3 Å². The highest BCUT2D eigenvalue weighted by molar-refractivity contribution is 6.04. The Balaban J connectivity index is 1.28. The molecule has 4 rings (SSSR count). The number of likely N-dealkylation sites (tertiary alicyclic amines) is 1. The van der Waals surface area contributed by atoms with Gasteiger partial charge >= 0.3 is 0 Å². The first-order chi connectivity index (χ1) is 14.3. The van der Waals surface area contributed by atoms with Crippen LogP contribution in [0.5, 0.6) is 5.75 Å². The lowest BCUT2D eigenvalue weighted by Gasteiger charge is -2.14. The predicted octanol–water partition coefficient (Wildman–Crippen LogP) is 3.38. The van der Waals surface area contributed by atoms with Crippen molar-refractivity contribution >= 4 is 11.6 Å². The Hall–Kier alpha value is -3.19. The summed E-state index contributed by atoms with van der Waals surface area (Å²) in [4.78, 5) is 18.6. The average molecular weight is 391 g/mol. The van der Waals surface area contributed by atoms with Crippen LogP contribution in [0, 0.1) is 0 Å². The SMILES string of the molecule is O=C(Nc1cnn(-c2ccc(OCCCN3CCCC3)cc2)c1)c1ccncc1. The summed E-state index contributed by atoms with van der Waals surface area (Å²) in [6.07, 6.45) is 10.3. The van der Waals surface area contributed by atoms with Crippen LogP contribution in [-0.4, -0.2) is 51.8 Å². The van der Waals surface area contributed by atoms with Gasteiger partial charge in [-0.3, -0.25) is 9.78 Å². The number of carbonyl (C=O) groups excluding carboxylic acids is 1. The van der Waals surface area contributed by atoms with Gasteiger partial charge in [-0.05, 0) is 68.8 Å². The van der Waals surface area contributed by atoms with E-state index < -0.39 is 0 Å². The second-order valence-corrected chi connectivity index (χ2v) is 7.11. The van der Waals surface area contributed by atoms with Gasteiger partial charge in [0.15, 0.2) is 0 Å². The average Bonchev–Trinajstić information content (AvgIpc) is 3.45. The second-order valence-electron chi connectivity index (χ2n) is 7.11. The van der Waals surface area contributed by atoms with Crippen LogP contribution in [0.25, 0.3) is 5.69 Å². The highest BCUT2D eigenvalue weighted by Crippen LogP contribution is 2.17.